The van der Waals surface area contributed by atoms with E-state index < -0.39 is 23.1 Å². The summed E-state index contributed by atoms with van der Waals surface area (Å²) in [6.45, 7) is 5.88. The molecule has 0 aromatic carbocycles. The van der Waals surface area contributed by atoms with Gasteiger partial charge in [0, 0.05) is 0 Å². The average Bonchev–Trinajstić information content (AvgIpc) is 2.55. The fourth-order valence-electron chi connectivity index (χ4n) is 1.81. The van der Waals surface area contributed by atoms with E-state index in [0.29, 0.717) is 6.42 Å². The second kappa shape index (κ2) is 4.56. The number of carbonyl (C=O) groups is 3. The van der Waals surface area contributed by atoms with Gasteiger partial charge in [-0.2, -0.15) is 0 Å². The second-order valence-corrected chi connectivity index (χ2v) is 5.33. The van der Waals surface area contributed by atoms with Crippen molar-refractivity contribution in [3.05, 3.63) is 0 Å². The predicted molar refractivity (Wildman–Crippen MR) is 61.7 cm³/mol. The molecule has 0 bridgehead atoms. The van der Waals surface area contributed by atoms with Gasteiger partial charge in [-0.05, 0) is 18.3 Å². The highest BCUT2D eigenvalue weighted by atomic mass is 16.4. The van der Waals surface area contributed by atoms with Crippen LogP contribution in [0.25, 0.3) is 0 Å². The Labute approximate surface area is 101 Å². The molecule has 0 amide bonds. The Balaban J connectivity index is 2.86. The van der Waals surface area contributed by atoms with Gasteiger partial charge in [-0.1, -0.05) is 27.2 Å². The number of carboxylic acid groups (broad SMARTS) is 1. The first kappa shape index (κ1) is 13.8. The Bertz CT molecular complexity index is 362. The van der Waals surface area contributed by atoms with Crippen LogP contribution in [0.2, 0.25) is 0 Å². The zero-order valence-corrected chi connectivity index (χ0v) is 10.5. The largest absolute Gasteiger partial charge is 0.480 e. The van der Waals surface area contributed by atoms with E-state index in [1.165, 1.54) is 0 Å². The molecule has 1 aliphatic heterocycles. The van der Waals surface area contributed by atoms with Crippen LogP contribution in [-0.2, 0) is 14.4 Å². The lowest BCUT2D eigenvalue weighted by atomic mass is 9.79. The summed E-state index contributed by atoms with van der Waals surface area (Å²) >= 11 is 0. The molecule has 0 saturated carbocycles. The van der Waals surface area contributed by atoms with Crippen LogP contribution in [0.4, 0.5) is 0 Å². The maximum absolute atomic E-state index is 11.7. The molecule has 1 unspecified atom stereocenters. The number of nitrogens with one attached hydrogen (secondary N) is 1. The third kappa shape index (κ3) is 2.54. The number of carboxylic acids is 1. The third-order valence-corrected chi connectivity index (χ3v) is 3.69. The molecule has 2 N–H and O–H groups in total. The summed E-state index contributed by atoms with van der Waals surface area (Å²) in [5, 5.41) is 11.8. The molecule has 1 atom stereocenters. The molecule has 0 radical (unpaired) electrons. The van der Waals surface area contributed by atoms with Gasteiger partial charge >= 0.3 is 5.97 Å². The van der Waals surface area contributed by atoms with Crippen LogP contribution < -0.4 is 5.32 Å². The lowest BCUT2D eigenvalue weighted by Crippen LogP contribution is -2.53. The van der Waals surface area contributed by atoms with E-state index in [9.17, 15) is 19.5 Å². The minimum Gasteiger partial charge on any atom is -0.480 e. The molecule has 1 saturated heterocycles. The molecule has 1 rings (SSSR count). The molecule has 0 spiro atoms. The van der Waals surface area contributed by atoms with Crippen molar-refractivity contribution in [1.82, 2.24) is 5.32 Å². The second-order valence-electron chi connectivity index (χ2n) is 5.33. The summed E-state index contributed by atoms with van der Waals surface area (Å²) in [5.74, 6) is -2.70. The fraction of sp³-hybridized carbons (Fsp3) is 0.750. The van der Waals surface area contributed by atoms with Crippen molar-refractivity contribution >= 4 is 17.5 Å². The Kier molecular flexibility index (Phi) is 3.71. The van der Waals surface area contributed by atoms with Gasteiger partial charge in [-0.15, -0.1) is 0 Å². The lowest BCUT2D eigenvalue weighted by molar-refractivity contribution is -0.150. The summed E-state index contributed by atoms with van der Waals surface area (Å²) in [5.41, 5.74) is -1.72. The number of aliphatic carboxylic acids is 1. The van der Waals surface area contributed by atoms with E-state index in [1.807, 2.05) is 20.8 Å². The van der Waals surface area contributed by atoms with E-state index in [4.69, 9.17) is 0 Å². The van der Waals surface area contributed by atoms with E-state index >= 15 is 0 Å². The standard InChI is InChI=1S/C12H19NO4/c1-4-11(2,3)5-6-12(10(16)17)9(15)8(14)7-13-12/h13H,4-7H2,1-3H3,(H,16,17). The number of hydrogen-bond acceptors (Lipinski definition) is 4. The fourth-order valence-corrected chi connectivity index (χ4v) is 1.81. The van der Waals surface area contributed by atoms with Crippen LogP contribution in [0.3, 0.4) is 0 Å². The summed E-state index contributed by atoms with van der Waals surface area (Å²) < 4.78 is 0. The molecular weight excluding hydrogens is 222 g/mol. The zero-order valence-electron chi connectivity index (χ0n) is 10.5. The number of hydrogen-bond donors (Lipinski definition) is 2. The van der Waals surface area contributed by atoms with Gasteiger partial charge in [-0.3, -0.25) is 14.9 Å². The first-order valence-electron chi connectivity index (χ1n) is 5.81. The van der Waals surface area contributed by atoms with Gasteiger partial charge in [0.25, 0.3) is 0 Å². The van der Waals surface area contributed by atoms with Gasteiger partial charge in [-0.25, -0.2) is 4.79 Å². The molecule has 5 heteroatoms. The quantitative estimate of drug-likeness (QED) is 0.548. The Hall–Kier alpha value is -1.23. The Morgan fingerprint density at radius 3 is 2.41 bits per heavy atom. The molecular formula is C12H19NO4. The topological polar surface area (TPSA) is 83.5 Å². The van der Waals surface area contributed by atoms with Gasteiger partial charge < -0.3 is 5.11 Å². The van der Waals surface area contributed by atoms with Gasteiger partial charge in [0.05, 0.1) is 6.54 Å². The lowest BCUT2D eigenvalue weighted by Gasteiger charge is -2.28. The molecule has 1 fully saturated rings. The van der Waals surface area contributed by atoms with E-state index in [2.05, 4.69) is 5.32 Å². The zero-order chi connectivity index (χ0) is 13.3. The van der Waals surface area contributed by atoms with Crippen molar-refractivity contribution in [2.24, 2.45) is 5.41 Å². The van der Waals surface area contributed by atoms with Crippen molar-refractivity contribution in [2.75, 3.05) is 6.54 Å². The molecule has 5 nitrogen and oxygen atoms in total. The summed E-state index contributed by atoms with van der Waals surface area (Å²) in [4.78, 5) is 34.1. The van der Waals surface area contributed by atoms with Crippen molar-refractivity contribution in [3.8, 4) is 0 Å². The van der Waals surface area contributed by atoms with E-state index in [0.717, 1.165) is 6.42 Å². The molecule has 0 aromatic rings. The normalized spacial score (nSPS) is 25.4. The first-order valence-corrected chi connectivity index (χ1v) is 5.81. The van der Waals surface area contributed by atoms with Crippen molar-refractivity contribution in [3.63, 3.8) is 0 Å². The van der Waals surface area contributed by atoms with Crippen LogP contribution in [-0.4, -0.2) is 34.7 Å². The van der Waals surface area contributed by atoms with Crippen molar-refractivity contribution < 1.29 is 19.5 Å². The minimum absolute atomic E-state index is 0.0317. The van der Waals surface area contributed by atoms with Gasteiger partial charge in [0.15, 0.2) is 5.54 Å². The van der Waals surface area contributed by atoms with Crippen molar-refractivity contribution in [1.29, 1.82) is 0 Å². The molecule has 17 heavy (non-hydrogen) atoms. The maximum atomic E-state index is 11.7. The monoisotopic (exact) mass is 241 g/mol. The third-order valence-electron chi connectivity index (χ3n) is 3.69. The molecule has 0 aliphatic carbocycles. The van der Waals surface area contributed by atoms with Gasteiger partial charge in [0.2, 0.25) is 11.6 Å². The highest BCUT2D eigenvalue weighted by Gasteiger charge is 2.53. The van der Waals surface area contributed by atoms with Crippen LogP contribution in [0.5, 0.6) is 0 Å². The van der Waals surface area contributed by atoms with Crippen LogP contribution in [0, 0.1) is 5.41 Å². The Morgan fingerprint density at radius 2 is 2.06 bits per heavy atom. The molecule has 1 aliphatic rings. The van der Waals surface area contributed by atoms with Crippen molar-refractivity contribution in [2.45, 2.75) is 45.6 Å². The van der Waals surface area contributed by atoms with E-state index in [1.54, 1.807) is 0 Å². The first-order chi connectivity index (χ1) is 7.75. The smallest absolute Gasteiger partial charge is 0.332 e. The number of carbonyl (C=O) groups excluding carboxylic acids is 2. The summed E-state index contributed by atoms with van der Waals surface area (Å²) in [6, 6.07) is 0. The predicted octanol–water partition coefficient (Wildman–Crippen LogP) is 0.768. The minimum atomic E-state index is -1.69. The highest BCUT2D eigenvalue weighted by molar-refractivity contribution is 6.47. The van der Waals surface area contributed by atoms with Gasteiger partial charge in [0.1, 0.15) is 0 Å². The van der Waals surface area contributed by atoms with E-state index in [-0.39, 0.29) is 18.4 Å². The molecule has 96 valence electrons. The molecule has 1 heterocycles. The number of Topliss-reactive ketones (excluding diaryl/α,β-unsaturated/α-hetero) is 2. The number of rotatable bonds is 5. The maximum Gasteiger partial charge on any atom is 0.332 e. The average molecular weight is 241 g/mol. The SMILES string of the molecule is CCC(C)(C)CCC1(C(=O)O)NCC(=O)C1=O. The summed E-state index contributed by atoms with van der Waals surface area (Å²) in [7, 11) is 0. The van der Waals surface area contributed by atoms with Crippen LogP contribution in [0.1, 0.15) is 40.0 Å². The number of ketones is 2. The molecule has 0 aromatic heterocycles. The van der Waals surface area contributed by atoms with Crippen LogP contribution >= 0.6 is 0 Å². The highest BCUT2D eigenvalue weighted by Crippen LogP contribution is 2.31. The summed E-state index contributed by atoms with van der Waals surface area (Å²) in [6.07, 6.45) is 1.64. The Morgan fingerprint density at radius 1 is 1.47 bits per heavy atom. The van der Waals surface area contributed by atoms with Crippen LogP contribution in [0.15, 0.2) is 0 Å².